The van der Waals surface area contributed by atoms with E-state index in [0.29, 0.717) is 29.0 Å². The average Bonchev–Trinajstić information content (AvgIpc) is 2.77. The number of halogens is 1. The van der Waals surface area contributed by atoms with E-state index in [1.165, 1.54) is 0 Å². The predicted octanol–water partition coefficient (Wildman–Crippen LogP) is 1.72. The van der Waals surface area contributed by atoms with Crippen LogP contribution < -0.4 is 5.32 Å². The summed E-state index contributed by atoms with van der Waals surface area (Å²) in [7, 11) is -1.60. The summed E-state index contributed by atoms with van der Waals surface area (Å²) in [5.41, 5.74) is 1.05. The van der Waals surface area contributed by atoms with Crippen molar-refractivity contribution in [2.75, 3.05) is 20.1 Å². The third kappa shape index (κ3) is 3.03. The van der Waals surface area contributed by atoms with Gasteiger partial charge in [0.2, 0.25) is 10.0 Å². The quantitative estimate of drug-likeness (QED) is 0.871. The summed E-state index contributed by atoms with van der Waals surface area (Å²) < 4.78 is 33.5. The molecule has 1 aromatic rings. The molecule has 3 rings (SSSR count). The van der Waals surface area contributed by atoms with E-state index in [2.05, 4.69) is 21.2 Å². The molecule has 7 heteroatoms. The van der Waals surface area contributed by atoms with E-state index < -0.39 is 10.0 Å². The number of morpholine rings is 1. The fourth-order valence-corrected chi connectivity index (χ4v) is 5.57. The third-order valence-corrected chi connectivity index (χ3v) is 6.81. The van der Waals surface area contributed by atoms with E-state index in [-0.39, 0.29) is 12.2 Å². The SMILES string of the molecule is CNCc1ccc(S(=O)(=O)N2CC3CCC(C2)O3)c(Br)c1. The monoisotopic (exact) mass is 374 g/mol. The molecule has 1 aromatic carbocycles. The molecule has 0 saturated carbocycles. The van der Waals surface area contributed by atoms with Gasteiger partial charge in [-0.2, -0.15) is 4.31 Å². The molecule has 0 aromatic heterocycles. The molecule has 5 nitrogen and oxygen atoms in total. The highest BCUT2D eigenvalue weighted by Gasteiger charge is 2.39. The van der Waals surface area contributed by atoms with Crippen molar-refractivity contribution >= 4 is 26.0 Å². The first kappa shape index (κ1) is 15.4. The van der Waals surface area contributed by atoms with Gasteiger partial charge in [-0.1, -0.05) is 6.07 Å². The number of benzene rings is 1. The Kier molecular flexibility index (Phi) is 4.38. The zero-order valence-electron chi connectivity index (χ0n) is 11.9. The van der Waals surface area contributed by atoms with Crippen LogP contribution in [0, 0.1) is 0 Å². The van der Waals surface area contributed by atoms with Crippen LogP contribution in [0.5, 0.6) is 0 Å². The minimum absolute atomic E-state index is 0.0564. The molecule has 21 heavy (non-hydrogen) atoms. The van der Waals surface area contributed by atoms with Crippen LogP contribution in [0.15, 0.2) is 27.6 Å². The van der Waals surface area contributed by atoms with Crippen LogP contribution in [-0.4, -0.2) is 45.1 Å². The lowest BCUT2D eigenvalue weighted by atomic mass is 10.2. The van der Waals surface area contributed by atoms with E-state index in [1.807, 2.05) is 19.2 Å². The molecule has 0 radical (unpaired) electrons. The fourth-order valence-electron chi connectivity index (χ4n) is 2.98. The molecule has 0 spiro atoms. The minimum Gasteiger partial charge on any atom is -0.372 e. The van der Waals surface area contributed by atoms with Crippen molar-refractivity contribution in [3.63, 3.8) is 0 Å². The zero-order valence-corrected chi connectivity index (χ0v) is 14.3. The summed E-state index contributed by atoms with van der Waals surface area (Å²) in [4.78, 5) is 0.337. The summed E-state index contributed by atoms with van der Waals surface area (Å²) in [6, 6.07) is 5.39. The van der Waals surface area contributed by atoms with Crippen LogP contribution in [0.1, 0.15) is 18.4 Å². The van der Waals surface area contributed by atoms with Crippen molar-refractivity contribution in [2.24, 2.45) is 0 Å². The van der Waals surface area contributed by atoms with Crippen molar-refractivity contribution in [2.45, 2.75) is 36.5 Å². The Morgan fingerprint density at radius 2 is 2.00 bits per heavy atom. The number of fused-ring (bicyclic) bond motifs is 2. The van der Waals surface area contributed by atoms with Gasteiger partial charge in [0.25, 0.3) is 0 Å². The van der Waals surface area contributed by atoms with Crippen LogP contribution in [0.3, 0.4) is 0 Å². The lowest BCUT2D eigenvalue weighted by molar-refractivity contribution is -0.0114. The molecular weight excluding hydrogens is 356 g/mol. The van der Waals surface area contributed by atoms with E-state index in [1.54, 1.807) is 10.4 Å². The van der Waals surface area contributed by atoms with Crippen molar-refractivity contribution in [1.82, 2.24) is 9.62 Å². The number of nitrogens with zero attached hydrogens (tertiary/aromatic N) is 1. The van der Waals surface area contributed by atoms with Crippen molar-refractivity contribution in [3.8, 4) is 0 Å². The summed E-state index contributed by atoms with van der Waals surface area (Å²) >= 11 is 3.40. The van der Waals surface area contributed by atoms with Gasteiger partial charge in [0.1, 0.15) is 0 Å². The molecule has 2 atom stereocenters. The van der Waals surface area contributed by atoms with Gasteiger partial charge >= 0.3 is 0 Å². The highest BCUT2D eigenvalue weighted by Crippen LogP contribution is 2.32. The van der Waals surface area contributed by atoms with Crippen LogP contribution >= 0.6 is 15.9 Å². The van der Waals surface area contributed by atoms with E-state index in [4.69, 9.17) is 4.74 Å². The molecule has 116 valence electrons. The van der Waals surface area contributed by atoms with Gasteiger partial charge in [0, 0.05) is 24.1 Å². The predicted molar refractivity (Wildman–Crippen MR) is 83.6 cm³/mol. The van der Waals surface area contributed by atoms with Gasteiger partial charge in [-0.15, -0.1) is 0 Å². The van der Waals surface area contributed by atoms with Gasteiger partial charge in [0.15, 0.2) is 0 Å². The van der Waals surface area contributed by atoms with Gasteiger partial charge in [-0.25, -0.2) is 8.42 Å². The summed E-state index contributed by atoms with van der Waals surface area (Å²) in [5.74, 6) is 0. The maximum Gasteiger partial charge on any atom is 0.244 e. The van der Waals surface area contributed by atoms with E-state index in [9.17, 15) is 8.42 Å². The lowest BCUT2D eigenvalue weighted by Gasteiger charge is -2.31. The van der Waals surface area contributed by atoms with Gasteiger partial charge in [0.05, 0.1) is 17.1 Å². The molecule has 2 bridgehead atoms. The van der Waals surface area contributed by atoms with Crippen molar-refractivity contribution in [3.05, 3.63) is 28.2 Å². The Labute approximate surface area is 133 Å². The molecular formula is C14H19BrN2O3S. The van der Waals surface area contributed by atoms with Crippen LogP contribution in [-0.2, 0) is 21.3 Å². The number of nitrogens with one attached hydrogen (secondary N) is 1. The molecule has 2 saturated heterocycles. The summed E-state index contributed by atoms with van der Waals surface area (Å²) in [5, 5.41) is 3.06. The third-order valence-electron chi connectivity index (χ3n) is 4.01. The van der Waals surface area contributed by atoms with Gasteiger partial charge in [-0.3, -0.25) is 0 Å². The Balaban J connectivity index is 1.88. The van der Waals surface area contributed by atoms with E-state index in [0.717, 1.165) is 18.4 Å². The molecule has 2 fully saturated rings. The molecule has 2 unspecified atom stereocenters. The average molecular weight is 375 g/mol. The van der Waals surface area contributed by atoms with Crippen LogP contribution in [0.25, 0.3) is 0 Å². The summed E-state index contributed by atoms with van der Waals surface area (Å²) in [6.45, 7) is 1.63. The lowest BCUT2D eigenvalue weighted by Crippen LogP contribution is -2.45. The Bertz CT molecular complexity index is 623. The standard InChI is InChI=1S/C14H19BrN2O3S/c1-16-7-10-2-5-14(13(15)6-10)21(18,19)17-8-11-3-4-12(9-17)20-11/h2,5-6,11-12,16H,3-4,7-9H2,1H3. The normalized spacial score (nSPS) is 26.2. The largest absolute Gasteiger partial charge is 0.372 e. The Morgan fingerprint density at radius 3 is 2.57 bits per heavy atom. The number of hydrogen-bond donors (Lipinski definition) is 1. The smallest absolute Gasteiger partial charge is 0.244 e. The first-order valence-corrected chi connectivity index (χ1v) is 9.32. The maximum absolute atomic E-state index is 12.8. The molecule has 2 aliphatic rings. The first-order valence-electron chi connectivity index (χ1n) is 7.09. The molecule has 2 aliphatic heterocycles. The number of hydrogen-bond acceptors (Lipinski definition) is 4. The van der Waals surface area contributed by atoms with Crippen LogP contribution in [0.2, 0.25) is 0 Å². The first-order chi connectivity index (χ1) is 10.0. The summed E-state index contributed by atoms with van der Waals surface area (Å²) in [6.07, 6.45) is 2.03. The van der Waals surface area contributed by atoms with Crippen LogP contribution in [0.4, 0.5) is 0 Å². The Morgan fingerprint density at radius 1 is 1.33 bits per heavy atom. The second-order valence-corrected chi connectivity index (χ2v) is 8.34. The number of rotatable bonds is 4. The highest BCUT2D eigenvalue weighted by atomic mass is 79.9. The number of sulfonamides is 1. The molecule has 2 heterocycles. The van der Waals surface area contributed by atoms with Crippen molar-refractivity contribution in [1.29, 1.82) is 0 Å². The van der Waals surface area contributed by atoms with Gasteiger partial charge < -0.3 is 10.1 Å². The topological polar surface area (TPSA) is 58.6 Å². The van der Waals surface area contributed by atoms with Gasteiger partial charge in [-0.05, 0) is 53.5 Å². The zero-order chi connectivity index (χ0) is 15.0. The Hall–Kier alpha value is -0.470. The second kappa shape index (κ2) is 5.96. The molecule has 0 amide bonds. The maximum atomic E-state index is 12.8. The molecule has 1 N–H and O–H groups in total. The minimum atomic E-state index is -3.46. The second-order valence-electron chi connectivity index (χ2n) is 5.57. The fraction of sp³-hybridized carbons (Fsp3) is 0.571. The van der Waals surface area contributed by atoms with Crippen molar-refractivity contribution < 1.29 is 13.2 Å². The van der Waals surface area contributed by atoms with E-state index >= 15 is 0 Å². The highest BCUT2D eigenvalue weighted by molar-refractivity contribution is 9.10. The molecule has 0 aliphatic carbocycles. The number of ether oxygens (including phenoxy) is 1.